The molecule has 1 aromatic carbocycles. The maximum absolute atomic E-state index is 12.0. The standard InChI is InChI=1S/C16H18Cl2N2O5S2.C8H6/c1-27(23,24)20(4-2-3-15-19-14(10-26-15)16(21)22)5-6-25-13-8-11(17)7-12(18)9-13;1-3-5-7-8-6-4-2/h7-10H,2-6H2,1H3,(H,21,22);1-2H3. The number of hydrogen-bond donors (Lipinski definition) is 1. The summed E-state index contributed by atoms with van der Waals surface area (Å²) in [4.78, 5) is 14.8. The Morgan fingerprint density at radius 3 is 2.17 bits per heavy atom. The van der Waals surface area contributed by atoms with Gasteiger partial charge in [-0.1, -0.05) is 35.0 Å². The minimum absolute atomic E-state index is 0.00329. The second kappa shape index (κ2) is 16.1. The van der Waals surface area contributed by atoms with Gasteiger partial charge in [0.05, 0.1) is 11.3 Å². The molecule has 35 heavy (non-hydrogen) atoms. The molecule has 1 N–H and O–H groups in total. The average molecular weight is 556 g/mol. The molecule has 0 unspecified atom stereocenters. The molecule has 7 nitrogen and oxygen atoms in total. The molecule has 0 radical (unpaired) electrons. The second-order valence-corrected chi connectivity index (χ2v) is 10.4. The Balaban J connectivity index is 0.000000658. The number of halogens is 2. The molecule has 0 amide bonds. The summed E-state index contributed by atoms with van der Waals surface area (Å²) < 4.78 is 30.8. The number of nitrogens with zero attached hydrogens (tertiary/aromatic N) is 2. The van der Waals surface area contributed by atoms with Crippen molar-refractivity contribution in [3.8, 4) is 41.3 Å². The summed E-state index contributed by atoms with van der Waals surface area (Å²) in [6, 6.07) is 4.77. The van der Waals surface area contributed by atoms with Gasteiger partial charge >= 0.3 is 5.97 Å². The molecule has 0 saturated carbocycles. The Kier molecular flexibility index (Phi) is 13.9. The predicted octanol–water partition coefficient (Wildman–Crippen LogP) is 4.46. The van der Waals surface area contributed by atoms with Crippen molar-refractivity contribution in [1.29, 1.82) is 0 Å². The van der Waals surface area contributed by atoms with E-state index in [4.69, 9.17) is 33.0 Å². The maximum atomic E-state index is 12.0. The van der Waals surface area contributed by atoms with Gasteiger partial charge in [-0.05, 0) is 62.1 Å². The molecule has 11 heteroatoms. The van der Waals surface area contributed by atoms with Crippen LogP contribution in [0.5, 0.6) is 5.75 Å². The van der Waals surface area contributed by atoms with Gasteiger partial charge in [0.1, 0.15) is 12.4 Å². The van der Waals surface area contributed by atoms with Crippen molar-refractivity contribution in [3.05, 3.63) is 44.3 Å². The first-order chi connectivity index (χ1) is 16.6. The molecule has 1 heterocycles. The van der Waals surface area contributed by atoms with E-state index >= 15 is 0 Å². The molecule has 0 aliphatic rings. The fourth-order valence-corrected chi connectivity index (χ4v) is 4.63. The van der Waals surface area contributed by atoms with Gasteiger partial charge in [-0.15, -0.1) is 11.3 Å². The highest BCUT2D eigenvalue weighted by molar-refractivity contribution is 7.88. The van der Waals surface area contributed by atoms with Crippen molar-refractivity contribution in [2.24, 2.45) is 0 Å². The van der Waals surface area contributed by atoms with E-state index in [1.807, 2.05) is 0 Å². The molecule has 0 aliphatic carbocycles. The summed E-state index contributed by atoms with van der Waals surface area (Å²) in [7, 11) is -3.41. The normalized spacial score (nSPS) is 9.89. The minimum Gasteiger partial charge on any atom is -0.492 e. The van der Waals surface area contributed by atoms with E-state index in [1.165, 1.54) is 21.0 Å². The van der Waals surface area contributed by atoms with Crippen molar-refractivity contribution in [3.63, 3.8) is 0 Å². The van der Waals surface area contributed by atoms with Gasteiger partial charge in [0.2, 0.25) is 10.0 Å². The molecule has 0 saturated heterocycles. The number of rotatable bonds is 10. The first-order valence-electron chi connectivity index (χ1n) is 10.1. The Bertz CT molecular complexity index is 1250. The largest absolute Gasteiger partial charge is 0.492 e. The lowest BCUT2D eigenvalue weighted by atomic mass is 10.3. The summed E-state index contributed by atoms with van der Waals surface area (Å²) in [6.45, 7) is 4.08. The summed E-state index contributed by atoms with van der Waals surface area (Å²) in [5.41, 5.74) is 0.00329. The van der Waals surface area contributed by atoms with E-state index in [2.05, 4.69) is 40.5 Å². The predicted molar refractivity (Wildman–Crippen MR) is 140 cm³/mol. The summed E-state index contributed by atoms with van der Waals surface area (Å²) >= 11 is 13.0. The number of sulfonamides is 1. The topological polar surface area (TPSA) is 96.8 Å². The molecule has 0 fully saturated rings. The van der Waals surface area contributed by atoms with Crippen molar-refractivity contribution in [2.45, 2.75) is 26.7 Å². The van der Waals surface area contributed by atoms with Crippen LogP contribution in [0.3, 0.4) is 0 Å². The van der Waals surface area contributed by atoms with Crippen LogP contribution in [0.1, 0.15) is 35.8 Å². The van der Waals surface area contributed by atoms with Crippen LogP contribution < -0.4 is 4.74 Å². The average Bonchev–Trinajstić information content (AvgIpc) is 3.24. The van der Waals surface area contributed by atoms with E-state index in [1.54, 1.807) is 32.0 Å². The first kappa shape index (κ1) is 30.3. The number of carboxylic acid groups (broad SMARTS) is 1. The van der Waals surface area contributed by atoms with Gasteiger partial charge in [-0.25, -0.2) is 18.2 Å². The van der Waals surface area contributed by atoms with Crippen molar-refractivity contribution < 1.29 is 23.1 Å². The lowest BCUT2D eigenvalue weighted by Gasteiger charge is -2.20. The fraction of sp³-hybridized carbons (Fsp3) is 0.333. The molecular formula is C24H24Cl2N2O5S2. The van der Waals surface area contributed by atoms with Crippen LogP contribution >= 0.6 is 34.5 Å². The number of aryl methyl sites for hydroxylation is 1. The zero-order valence-corrected chi connectivity index (χ0v) is 22.5. The number of carbonyl (C=O) groups is 1. The first-order valence-corrected chi connectivity index (χ1v) is 13.6. The van der Waals surface area contributed by atoms with Gasteiger partial charge in [0.25, 0.3) is 0 Å². The molecule has 2 aromatic rings. The molecular weight excluding hydrogens is 531 g/mol. The lowest BCUT2D eigenvalue weighted by Crippen LogP contribution is -2.34. The summed E-state index contributed by atoms with van der Waals surface area (Å²) in [5.74, 6) is 14.9. The SMILES string of the molecule is CC#CC#CC#CC.CS(=O)(=O)N(CCCc1nc(C(=O)O)cs1)CCOc1cc(Cl)cc(Cl)c1. The van der Waals surface area contributed by atoms with Crippen molar-refractivity contribution in [1.82, 2.24) is 9.29 Å². The third-order valence-corrected chi connectivity index (χ3v) is 6.57. The smallest absolute Gasteiger partial charge is 0.355 e. The summed E-state index contributed by atoms with van der Waals surface area (Å²) in [6.07, 6.45) is 2.15. The Morgan fingerprint density at radius 1 is 1.09 bits per heavy atom. The van der Waals surface area contributed by atoms with E-state index in [9.17, 15) is 13.2 Å². The van der Waals surface area contributed by atoms with Crippen LogP contribution in [0, 0.1) is 35.5 Å². The Hall–Kier alpha value is -2.71. The number of carboxylic acids is 1. The van der Waals surface area contributed by atoms with E-state index in [-0.39, 0.29) is 25.4 Å². The van der Waals surface area contributed by atoms with E-state index < -0.39 is 16.0 Å². The van der Waals surface area contributed by atoms with Crippen LogP contribution in [0.4, 0.5) is 0 Å². The molecule has 0 bridgehead atoms. The highest BCUT2D eigenvalue weighted by Gasteiger charge is 2.17. The fourth-order valence-electron chi connectivity index (χ4n) is 2.44. The lowest BCUT2D eigenvalue weighted by molar-refractivity contribution is 0.0691. The van der Waals surface area contributed by atoms with Crippen LogP contribution in [0.2, 0.25) is 10.0 Å². The van der Waals surface area contributed by atoms with Crippen LogP contribution in [0.25, 0.3) is 0 Å². The van der Waals surface area contributed by atoms with Crippen molar-refractivity contribution >= 4 is 50.5 Å². The van der Waals surface area contributed by atoms with Crippen LogP contribution in [0.15, 0.2) is 23.6 Å². The number of aromatic carboxylic acids is 1. The monoisotopic (exact) mass is 554 g/mol. The van der Waals surface area contributed by atoms with Crippen molar-refractivity contribution in [2.75, 3.05) is 26.0 Å². The number of benzene rings is 1. The number of ether oxygens (including phenoxy) is 1. The molecule has 0 spiro atoms. The highest BCUT2D eigenvalue weighted by Crippen LogP contribution is 2.24. The van der Waals surface area contributed by atoms with Gasteiger partial charge in [0, 0.05) is 34.9 Å². The zero-order valence-electron chi connectivity index (χ0n) is 19.4. The maximum Gasteiger partial charge on any atom is 0.355 e. The number of thiazole rings is 1. The third kappa shape index (κ3) is 13.1. The van der Waals surface area contributed by atoms with Gasteiger partial charge < -0.3 is 9.84 Å². The van der Waals surface area contributed by atoms with Crippen LogP contribution in [-0.2, 0) is 16.4 Å². The summed E-state index contributed by atoms with van der Waals surface area (Å²) in [5, 5.41) is 11.9. The quantitative estimate of drug-likeness (QED) is 0.435. The number of aromatic nitrogens is 1. The van der Waals surface area contributed by atoms with Crippen LogP contribution in [-0.4, -0.2) is 54.7 Å². The second-order valence-electron chi connectivity index (χ2n) is 6.65. The molecule has 0 aliphatic heterocycles. The molecule has 0 atom stereocenters. The van der Waals surface area contributed by atoms with Gasteiger partial charge in [-0.2, -0.15) is 4.31 Å². The van der Waals surface area contributed by atoms with E-state index in [0.29, 0.717) is 33.6 Å². The Labute approximate surface area is 220 Å². The number of hydrogen-bond acceptors (Lipinski definition) is 6. The zero-order chi connectivity index (χ0) is 26.3. The Morgan fingerprint density at radius 2 is 1.69 bits per heavy atom. The minimum atomic E-state index is -3.41. The van der Waals surface area contributed by atoms with Gasteiger partial charge in [-0.3, -0.25) is 0 Å². The molecule has 1 aromatic heterocycles. The van der Waals surface area contributed by atoms with Gasteiger partial charge in [0.15, 0.2) is 5.69 Å². The highest BCUT2D eigenvalue weighted by atomic mass is 35.5. The molecule has 2 rings (SSSR count). The molecule has 186 valence electrons. The van der Waals surface area contributed by atoms with E-state index in [0.717, 1.165) is 6.26 Å². The third-order valence-electron chi connectivity index (χ3n) is 3.92.